The van der Waals surface area contributed by atoms with Crippen LogP contribution in [0.15, 0.2) is 48.5 Å². The summed E-state index contributed by atoms with van der Waals surface area (Å²) in [6.45, 7) is 0. The molecule has 108 valence electrons. The molecule has 6 heteroatoms. The molecule has 4 nitrogen and oxygen atoms in total. The Morgan fingerprint density at radius 3 is 2.29 bits per heavy atom. The molecule has 0 heterocycles. The van der Waals surface area contributed by atoms with Crippen LogP contribution in [0.4, 0.5) is 11.4 Å². The first-order valence-corrected chi connectivity index (χ1v) is 6.84. The number of carbonyl (C=O) groups is 2. The Balaban J connectivity index is 2.09. The number of hydrogen-bond donors (Lipinski definition) is 1. The van der Waals surface area contributed by atoms with Crippen LogP contribution in [0.1, 0.15) is 0 Å². The first-order valence-electron chi connectivity index (χ1n) is 6.08. The summed E-state index contributed by atoms with van der Waals surface area (Å²) >= 11 is 11.6. The molecule has 0 bridgehead atoms. The maximum Gasteiger partial charge on any atom is 0.316 e. The summed E-state index contributed by atoms with van der Waals surface area (Å²) in [5.74, 6) is -1.42. The average Bonchev–Trinajstić information content (AvgIpc) is 2.50. The first kappa shape index (κ1) is 15.4. The number of nitrogens with one attached hydrogen (secondary N) is 1. The van der Waals surface area contributed by atoms with E-state index in [0.29, 0.717) is 21.4 Å². The van der Waals surface area contributed by atoms with Crippen molar-refractivity contribution in [2.75, 3.05) is 17.3 Å². The highest BCUT2D eigenvalue weighted by Crippen LogP contribution is 2.25. The van der Waals surface area contributed by atoms with E-state index in [9.17, 15) is 9.59 Å². The van der Waals surface area contributed by atoms with Crippen molar-refractivity contribution in [1.82, 2.24) is 0 Å². The Morgan fingerprint density at radius 1 is 1.00 bits per heavy atom. The molecule has 2 rings (SSSR count). The molecular formula is C15H12Cl2N2O2. The molecule has 2 aromatic rings. The third kappa shape index (κ3) is 3.74. The van der Waals surface area contributed by atoms with E-state index >= 15 is 0 Å². The summed E-state index contributed by atoms with van der Waals surface area (Å²) < 4.78 is 0. The SMILES string of the molecule is CN(C(=O)C(=O)Nc1ccc(Cl)c(Cl)c1)c1ccccc1. The second kappa shape index (κ2) is 6.61. The largest absolute Gasteiger partial charge is 0.318 e. The maximum absolute atomic E-state index is 12.1. The molecule has 0 aromatic heterocycles. The van der Waals surface area contributed by atoms with E-state index in [1.807, 2.05) is 6.07 Å². The summed E-state index contributed by atoms with van der Waals surface area (Å²) in [4.78, 5) is 25.3. The molecule has 0 saturated heterocycles. The minimum Gasteiger partial charge on any atom is -0.318 e. The molecule has 0 aliphatic rings. The summed E-state index contributed by atoms with van der Waals surface area (Å²) in [7, 11) is 1.53. The van der Waals surface area contributed by atoms with Crippen molar-refractivity contribution < 1.29 is 9.59 Å². The molecule has 1 N–H and O–H groups in total. The monoisotopic (exact) mass is 322 g/mol. The zero-order valence-corrected chi connectivity index (χ0v) is 12.7. The summed E-state index contributed by atoms with van der Waals surface area (Å²) in [5.41, 5.74) is 1.04. The number of rotatable bonds is 2. The summed E-state index contributed by atoms with van der Waals surface area (Å²) in [6.07, 6.45) is 0. The Morgan fingerprint density at radius 2 is 1.67 bits per heavy atom. The Kier molecular flexibility index (Phi) is 4.83. The van der Waals surface area contributed by atoms with Gasteiger partial charge in [-0.05, 0) is 30.3 Å². The van der Waals surface area contributed by atoms with Gasteiger partial charge in [0, 0.05) is 18.4 Å². The number of anilines is 2. The molecule has 0 unspecified atom stereocenters. The number of halogens is 2. The molecule has 0 spiro atoms. The predicted molar refractivity (Wildman–Crippen MR) is 84.9 cm³/mol. The van der Waals surface area contributed by atoms with Crippen molar-refractivity contribution in [2.45, 2.75) is 0 Å². The number of amides is 2. The van der Waals surface area contributed by atoms with Gasteiger partial charge in [-0.3, -0.25) is 9.59 Å². The van der Waals surface area contributed by atoms with E-state index < -0.39 is 11.8 Å². The average molecular weight is 323 g/mol. The van der Waals surface area contributed by atoms with Crippen molar-refractivity contribution in [3.05, 3.63) is 58.6 Å². The Hall–Kier alpha value is -2.04. The van der Waals surface area contributed by atoms with Crippen LogP contribution in [-0.4, -0.2) is 18.9 Å². The molecule has 0 radical (unpaired) electrons. The van der Waals surface area contributed by atoms with Gasteiger partial charge in [0.2, 0.25) is 0 Å². The fourth-order valence-corrected chi connectivity index (χ4v) is 1.98. The minimum absolute atomic E-state index is 0.304. The zero-order valence-electron chi connectivity index (χ0n) is 11.1. The van der Waals surface area contributed by atoms with Gasteiger partial charge < -0.3 is 10.2 Å². The molecular weight excluding hydrogens is 311 g/mol. The predicted octanol–water partition coefficient (Wildman–Crippen LogP) is 3.59. The van der Waals surface area contributed by atoms with Crippen LogP contribution in [-0.2, 0) is 9.59 Å². The van der Waals surface area contributed by atoms with E-state index in [1.165, 1.54) is 18.0 Å². The van der Waals surface area contributed by atoms with Gasteiger partial charge in [-0.2, -0.15) is 0 Å². The topological polar surface area (TPSA) is 49.4 Å². The van der Waals surface area contributed by atoms with Crippen LogP contribution in [0.2, 0.25) is 10.0 Å². The lowest BCUT2D eigenvalue weighted by Gasteiger charge is -2.16. The van der Waals surface area contributed by atoms with Crippen molar-refractivity contribution in [2.24, 2.45) is 0 Å². The smallest absolute Gasteiger partial charge is 0.316 e. The number of carbonyl (C=O) groups excluding carboxylic acids is 2. The van der Waals surface area contributed by atoms with E-state index in [2.05, 4.69) is 5.32 Å². The number of likely N-dealkylation sites (N-methyl/N-ethyl adjacent to an activating group) is 1. The van der Waals surface area contributed by atoms with E-state index in [1.54, 1.807) is 36.4 Å². The van der Waals surface area contributed by atoms with Crippen LogP contribution in [0.3, 0.4) is 0 Å². The second-order valence-corrected chi connectivity index (χ2v) is 5.10. The lowest BCUT2D eigenvalue weighted by atomic mass is 10.3. The van der Waals surface area contributed by atoms with Gasteiger partial charge in [-0.1, -0.05) is 41.4 Å². The van der Waals surface area contributed by atoms with Crippen LogP contribution >= 0.6 is 23.2 Å². The maximum atomic E-state index is 12.1. The molecule has 0 aliphatic heterocycles. The van der Waals surface area contributed by atoms with Crippen LogP contribution in [0, 0.1) is 0 Å². The van der Waals surface area contributed by atoms with E-state index in [4.69, 9.17) is 23.2 Å². The molecule has 0 atom stereocenters. The number of para-hydroxylation sites is 1. The fraction of sp³-hybridized carbons (Fsp3) is 0.0667. The molecule has 2 aromatic carbocycles. The van der Waals surface area contributed by atoms with Crippen molar-refractivity contribution in [1.29, 1.82) is 0 Å². The van der Waals surface area contributed by atoms with Crippen molar-refractivity contribution >= 4 is 46.4 Å². The lowest BCUT2D eigenvalue weighted by Crippen LogP contribution is -2.37. The lowest BCUT2D eigenvalue weighted by molar-refractivity contribution is -0.134. The van der Waals surface area contributed by atoms with Gasteiger partial charge in [-0.25, -0.2) is 0 Å². The van der Waals surface area contributed by atoms with E-state index in [0.717, 1.165) is 0 Å². The summed E-state index contributed by atoms with van der Waals surface area (Å²) in [6, 6.07) is 13.5. The Bertz CT molecular complexity index is 675. The van der Waals surface area contributed by atoms with Crippen LogP contribution in [0.5, 0.6) is 0 Å². The zero-order chi connectivity index (χ0) is 15.4. The first-order chi connectivity index (χ1) is 9.99. The third-order valence-corrected chi connectivity index (χ3v) is 3.56. The van der Waals surface area contributed by atoms with Crippen molar-refractivity contribution in [3.8, 4) is 0 Å². The highest BCUT2D eigenvalue weighted by Gasteiger charge is 2.20. The third-order valence-electron chi connectivity index (χ3n) is 2.82. The molecule has 0 aliphatic carbocycles. The molecule has 2 amide bonds. The van der Waals surface area contributed by atoms with Gasteiger partial charge in [-0.15, -0.1) is 0 Å². The van der Waals surface area contributed by atoms with Crippen molar-refractivity contribution in [3.63, 3.8) is 0 Å². The normalized spacial score (nSPS) is 10.0. The van der Waals surface area contributed by atoms with Gasteiger partial charge in [0.1, 0.15) is 0 Å². The van der Waals surface area contributed by atoms with Gasteiger partial charge in [0.15, 0.2) is 0 Å². The van der Waals surface area contributed by atoms with Gasteiger partial charge in [0.05, 0.1) is 10.0 Å². The Labute approximate surface area is 132 Å². The van der Waals surface area contributed by atoms with Crippen LogP contribution < -0.4 is 10.2 Å². The second-order valence-electron chi connectivity index (χ2n) is 4.28. The van der Waals surface area contributed by atoms with Gasteiger partial charge >= 0.3 is 11.8 Å². The number of benzene rings is 2. The molecule has 21 heavy (non-hydrogen) atoms. The van der Waals surface area contributed by atoms with E-state index in [-0.39, 0.29) is 0 Å². The highest BCUT2D eigenvalue weighted by molar-refractivity contribution is 6.45. The van der Waals surface area contributed by atoms with Gasteiger partial charge in [0.25, 0.3) is 0 Å². The highest BCUT2D eigenvalue weighted by atomic mass is 35.5. The summed E-state index contributed by atoms with van der Waals surface area (Å²) in [5, 5.41) is 3.17. The minimum atomic E-state index is -0.750. The molecule has 0 saturated carbocycles. The number of nitrogens with zero attached hydrogens (tertiary/aromatic N) is 1. The standard InChI is InChI=1S/C15H12Cl2N2O2/c1-19(11-5-3-2-4-6-11)15(21)14(20)18-10-7-8-12(16)13(17)9-10/h2-9H,1H3,(H,18,20). The molecule has 0 fully saturated rings. The van der Waals surface area contributed by atoms with Crippen LogP contribution in [0.25, 0.3) is 0 Å². The quantitative estimate of drug-likeness (QED) is 0.859. The fourth-order valence-electron chi connectivity index (χ4n) is 1.68. The number of hydrogen-bond acceptors (Lipinski definition) is 2.